The summed E-state index contributed by atoms with van der Waals surface area (Å²) in [7, 11) is 0.539. The Morgan fingerprint density at radius 2 is 2.04 bits per heavy atom. The first-order valence-corrected chi connectivity index (χ1v) is 9.37. The van der Waals surface area contributed by atoms with E-state index in [1.807, 2.05) is 29.6 Å². The fourth-order valence-electron chi connectivity index (χ4n) is 2.89. The molecule has 0 radical (unpaired) electrons. The summed E-state index contributed by atoms with van der Waals surface area (Å²) in [5.74, 6) is -0.525. The quantitative estimate of drug-likeness (QED) is 0.748. The highest BCUT2D eigenvalue weighted by Gasteiger charge is 2.26. The lowest BCUT2D eigenvalue weighted by molar-refractivity contribution is -0.133. The molecule has 8 nitrogen and oxygen atoms in total. The van der Waals surface area contributed by atoms with E-state index in [-0.39, 0.29) is 18.4 Å². The largest absolute Gasteiger partial charge is 0.343 e. The van der Waals surface area contributed by atoms with Crippen molar-refractivity contribution in [1.29, 1.82) is 0 Å². The number of carbonyl (C=O) groups excluding carboxylic acids is 2. The SMILES string of the molecule is C=CC(=O)NCC(=O)N1CCN(S(=O)c2cccc3c2cnn3C)CC1. The maximum atomic E-state index is 13.0. The lowest BCUT2D eigenvalue weighted by Gasteiger charge is -2.33. The summed E-state index contributed by atoms with van der Waals surface area (Å²) >= 11 is 0. The minimum Gasteiger partial charge on any atom is -0.343 e. The van der Waals surface area contributed by atoms with Crippen LogP contribution in [0.3, 0.4) is 0 Å². The van der Waals surface area contributed by atoms with Crippen molar-refractivity contribution in [2.24, 2.45) is 7.05 Å². The van der Waals surface area contributed by atoms with Crippen molar-refractivity contribution >= 4 is 33.7 Å². The molecule has 0 saturated carbocycles. The van der Waals surface area contributed by atoms with Crippen LogP contribution in [0, 0.1) is 0 Å². The van der Waals surface area contributed by atoms with E-state index in [2.05, 4.69) is 17.0 Å². The number of aromatic nitrogens is 2. The molecule has 138 valence electrons. The fraction of sp³-hybridized carbons (Fsp3) is 0.353. The zero-order chi connectivity index (χ0) is 18.7. The third kappa shape index (κ3) is 3.68. The monoisotopic (exact) mass is 375 g/mol. The number of aryl methyl sites for hydroxylation is 1. The molecule has 1 unspecified atom stereocenters. The first kappa shape index (κ1) is 18.3. The zero-order valence-electron chi connectivity index (χ0n) is 14.6. The van der Waals surface area contributed by atoms with Crippen LogP contribution < -0.4 is 5.32 Å². The number of carbonyl (C=O) groups is 2. The van der Waals surface area contributed by atoms with Crippen molar-refractivity contribution in [1.82, 2.24) is 24.3 Å². The second-order valence-electron chi connectivity index (χ2n) is 5.94. The van der Waals surface area contributed by atoms with E-state index in [9.17, 15) is 13.8 Å². The van der Waals surface area contributed by atoms with E-state index < -0.39 is 11.0 Å². The topological polar surface area (TPSA) is 87.5 Å². The lowest BCUT2D eigenvalue weighted by atomic mass is 10.2. The summed E-state index contributed by atoms with van der Waals surface area (Å²) in [6.45, 7) is 5.24. The minimum atomic E-state index is -1.31. The van der Waals surface area contributed by atoms with Gasteiger partial charge in [-0.3, -0.25) is 14.3 Å². The van der Waals surface area contributed by atoms with Crippen LogP contribution in [0.25, 0.3) is 10.9 Å². The lowest BCUT2D eigenvalue weighted by Crippen LogP contribution is -2.51. The summed E-state index contributed by atoms with van der Waals surface area (Å²) in [5, 5.41) is 7.58. The highest BCUT2D eigenvalue weighted by atomic mass is 32.2. The van der Waals surface area contributed by atoms with Crippen molar-refractivity contribution < 1.29 is 13.8 Å². The number of rotatable bonds is 5. The Morgan fingerprint density at radius 3 is 2.73 bits per heavy atom. The molecule has 1 aliphatic heterocycles. The second kappa shape index (κ2) is 7.79. The maximum Gasteiger partial charge on any atom is 0.243 e. The highest BCUT2D eigenvalue weighted by Crippen LogP contribution is 2.23. The van der Waals surface area contributed by atoms with Gasteiger partial charge in [0, 0.05) is 38.6 Å². The molecule has 1 saturated heterocycles. The zero-order valence-corrected chi connectivity index (χ0v) is 15.4. The molecule has 26 heavy (non-hydrogen) atoms. The van der Waals surface area contributed by atoms with E-state index in [1.165, 1.54) is 0 Å². The Bertz CT molecular complexity index is 870. The summed E-state index contributed by atoms with van der Waals surface area (Å²) in [5.41, 5.74) is 0.933. The molecule has 0 spiro atoms. The number of nitrogens with one attached hydrogen (secondary N) is 1. The molecular formula is C17H21N5O3S. The Morgan fingerprint density at radius 1 is 1.31 bits per heavy atom. The van der Waals surface area contributed by atoms with Crippen LogP contribution in [0.5, 0.6) is 0 Å². The van der Waals surface area contributed by atoms with E-state index in [0.717, 1.165) is 21.9 Å². The van der Waals surface area contributed by atoms with Crippen LogP contribution in [-0.2, 0) is 27.6 Å². The Hall–Kier alpha value is -2.52. The molecule has 9 heteroatoms. The van der Waals surface area contributed by atoms with Crippen LogP contribution in [0.1, 0.15) is 0 Å². The van der Waals surface area contributed by atoms with Gasteiger partial charge < -0.3 is 10.2 Å². The van der Waals surface area contributed by atoms with Crippen molar-refractivity contribution in [3.63, 3.8) is 0 Å². The first-order chi connectivity index (χ1) is 12.5. The molecule has 1 aromatic carbocycles. The van der Waals surface area contributed by atoms with Gasteiger partial charge in [-0.1, -0.05) is 12.6 Å². The normalized spacial score (nSPS) is 16.4. The van der Waals surface area contributed by atoms with E-state index in [0.29, 0.717) is 26.2 Å². The van der Waals surface area contributed by atoms with Gasteiger partial charge in [0.25, 0.3) is 0 Å². The van der Waals surface area contributed by atoms with Gasteiger partial charge in [-0.15, -0.1) is 0 Å². The molecule has 2 heterocycles. The summed E-state index contributed by atoms with van der Waals surface area (Å²) in [4.78, 5) is 25.7. The maximum absolute atomic E-state index is 13.0. The summed E-state index contributed by atoms with van der Waals surface area (Å²) in [6.07, 6.45) is 2.86. The Kier molecular flexibility index (Phi) is 5.48. The van der Waals surface area contributed by atoms with Gasteiger partial charge in [-0.2, -0.15) is 5.10 Å². The molecule has 0 aliphatic carbocycles. The van der Waals surface area contributed by atoms with Gasteiger partial charge in [-0.05, 0) is 18.2 Å². The minimum absolute atomic E-state index is 0.0526. The number of benzene rings is 1. The van der Waals surface area contributed by atoms with Crippen LogP contribution in [0.2, 0.25) is 0 Å². The predicted octanol–water partition coefficient (Wildman–Crippen LogP) is 0.0423. The molecule has 1 fully saturated rings. The molecule has 1 N–H and O–H groups in total. The van der Waals surface area contributed by atoms with Crippen molar-refractivity contribution in [2.75, 3.05) is 32.7 Å². The van der Waals surface area contributed by atoms with Crippen molar-refractivity contribution in [2.45, 2.75) is 4.90 Å². The second-order valence-corrected chi connectivity index (χ2v) is 7.39. The number of piperazine rings is 1. The average molecular weight is 375 g/mol. The van der Waals surface area contributed by atoms with E-state index in [1.54, 1.807) is 15.8 Å². The van der Waals surface area contributed by atoms with Gasteiger partial charge in [0.2, 0.25) is 11.8 Å². The molecule has 3 rings (SSSR count). The van der Waals surface area contributed by atoms with Crippen LogP contribution in [0.4, 0.5) is 0 Å². The smallest absolute Gasteiger partial charge is 0.243 e. The number of fused-ring (bicyclic) bond motifs is 1. The molecule has 1 aromatic heterocycles. The summed E-state index contributed by atoms with van der Waals surface area (Å²) in [6, 6.07) is 5.67. The average Bonchev–Trinajstić information content (AvgIpc) is 3.06. The van der Waals surface area contributed by atoms with Crippen LogP contribution in [0.15, 0.2) is 41.9 Å². The van der Waals surface area contributed by atoms with Gasteiger partial charge >= 0.3 is 0 Å². The highest BCUT2D eigenvalue weighted by molar-refractivity contribution is 7.83. The van der Waals surface area contributed by atoms with E-state index >= 15 is 0 Å². The number of hydrogen-bond acceptors (Lipinski definition) is 4. The predicted molar refractivity (Wildman–Crippen MR) is 98.5 cm³/mol. The van der Waals surface area contributed by atoms with Crippen LogP contribution in [-0.4, -0.2) is 67.7 Å². The molecule has 1 atom stereocenters. The van der Waals surface area contributed by atoms with Gasteiger partial charge in [0.1, 0.15) is 11.0 Å². The van der Waals surface area contributed by atoms with E-state index in [4.69, 9.17) is 0 Å². The van der Waals surface area contributed by atoms with Gasteiger partial charge in [0.15, 0.2) is 0 Å². The van der Waals surface area contributed by atoms with Crippen molar-refractivity contribution in [3.8, 4) is 0 Å². The van der Waals surface area contributed by atoms with Crippen molar-refractivity contribution in [3.05, 3.63) is 37.1 Å². The summed E-state index contributed by atoms with van der Waals surface area (Å²) < 4.78 is 16.6. The number of amides is 2. The number of hydrogen-bond donors (Lipinski definition) is 1. The standard InChI is InChI=1S/C17H21N5O3S/c1-3-16(23)18-12-17(24)21-7-9-22(10-8-21)26(25)15-6-4-5-14-13(15)11-19-20(14)2/h3-6,11H,1,7-10,12H2,2H3,(H,18,23). The third-order valence-electron chi connectivity index (χ3n) is 4.37. The van der Waals surface area contributed by atoms with Gasteiger partial charge in [0.05, 0.1) is 23.2 Å². The fourth-order valence-corrected chi connectivity index (χ4v) is 4.21. The Labute approximate surface area is 154 Å². The van der Waals surface area contributed by atoms with Gasteiger partial charge in [-0.25, -0.2) is 8.51 Å². The molecular weight excluding hydrogens is 354 g/mol. The molecule has 2 amide bonds. The first-order valence-electron chi connectivity index (χ1n) is 8.27. The molecule has 0 bridgehead atoms. The molecule has 2 aromatic rings. The third-order valence-corrected chi connectivity index (χ3v) is 5.93. The number of nitrogens with zero attached hydrogens (tertiary/aromatic N) is 4. The Balaban J connectivity index is 1.62. The van der Waals surface area contributed by atoms with Crippen LogP contribution >= 0.6 is 0 Å². The molecule has 1 aliphatic rings.